The van der Waals surface area contributed by atoms with Crippen molar-refractivity contribution >= 4 is 48.9 Å². The molecule has 0 aliphatic carbocycles. The molecule has 3 fully saturated rings. The quantitative estimate of drug-likeness (QED) is 0.127. The molecule has 0 radical (unpaired) electrons. The summed E-state index contributed by atoms with van der Waals surface area (Å²) in [7, 11) is -4.40. The first kappa shape index (κ1) is 105. The van der Waals surface area contributed by atoms with Crippen molar-refractivity contribution in [2.24, 2.45) is 12.5 Å². The van der Waals surface area contributed by atoms with Crippen molar-refractivity contribution in [1.82, 2.24) is 19.7 Å². The number of aryl methyl sites for hydroxylation is 2. The summed E-state index contributed by atoms with van der Waals surface area (Å²) >= 11 is 0. The van der Waals surface area contributed by atoms with Crippen LogP contribution in [0.3, 0.4) is 0 Å². The molecule has 8 aromatic rings. The van der Waals surface area contributed by atoms with Gasteiger partial charge in [0.1, 0.15) is 12.7 Å². The number of morpholine rings is 1. The number of dihydropyridines is 1. The van der Waals surface area contributed by atoms with E-state index in [2.05, 4.69) is 274 Å². The van der Waals surface area contributed by atoms with Gasteiger partial charge in [-0.05, 0) is 202 Å². The highest BCUT2D eigenvalue weighted by Crippen LogP contribution is 2.39. The van der Waals surface area contributed by atoms with Crippen LogP contribution in [0.25, 0.3) is 6.08 Å². The van der Waals surface area contributed by atoms with Crippen molar-refractivity contribution in [1.29, 1.82) is 5.26 Å². The number of benzene rings is 6. The van der Waals surface area contributed by atoms with E-state index in [4.69, 9.17) is 23.7 Å². The molecule has 7 aliphatic heterocycles. The molecule has 0 unspecified atom stereocenters. The summed E-state index contributed by atoms with van der Waals surface area (Å²) in [6.45, 7) is 68.1. The molecule has 0 saturated carbocycles. The molecule has 0 spiro atoms. The number of nitrogens with one attached hydrogen (secondary N) is 1. The smallest absolute Gasteiger partial charge is 0.414 e. The van der Waals surface area contributed by atoms with Crippen LogP contribution in [0.4, 0.5) is 21.9 Å². The minimum atomic E-state index is -3.17. The lowest BCUT2D eigenvalue weighted by Gasteiger charge is -2.30. The SMILES string of the molecule is C=C1C=C(C(C)(C)C)C=CN1.CC(C)(C)c1ccc(N2CCOC2=O)cc1.CC(C)(C)c1ccc(N2CCOCC2)c(C#N)c1.CC(C)(C)c1ccc([N+](=O)[O-])cc1.CC(C)(C)c1ccc2c(c1)OCO2.CC(C)(C)c1ccc2c(c1)S(=O)(=O)C=C2.CC(C)(C)c1ccc2c(c1)S(=O)(=O)CC2.CC(C)(C)c1cnn(C2CCOCC2)c1.Cn1ccc(C(C)(C)C)cc1=O. The van der Waals surface area contributed by atoms with Crippen molar-refractivity contribution in [3.8, 4) is 17.6 Å². The number of carbonyl (C=O) groups excluding carboxylic acids is 1. The number of nitriles is 1. The Hall–Kier alpha value is -10.4. The lowest BCUT2D eigenvalue weighted by molar-refractivity contribution is -0.384. The van der Waals surface area contributed by atoms with Crippen molar-refractivity contribution in [2.75, 3.05) is 75.0 Å². The Morgan fingerprint density at radius 1 is 0.523 bits per heavy atom. The van der Waals surface area contributed by atoms with Crippen LogP contribution < -0.4 is 30.1 Å². The average molecular weight is 1790 g/mol. The Kier molecular flexibility index (Phi) is 35.1. The maximum absolute atomic E-state index is 11.7. The van der Waals surface area contributed by atoms with E-state index < -0.39 is 19.7 Å². The van der Waals surface area contributed by atoms with Crippen LogP contribution in [0, 0.1) is 26.9 Å². The summed E-state index contributed by atoms with van der Waals surface area (Å²) in [5.41, 5.74) is 17.3. The molecule has 1 amide bonds. The number of non-ortho nitro benzene ring substituents is 1. The van der Waals surface area contributed by atoms with Gasteiger partial charge in [0.25, 0.3) is 11.2 Å². The molecule has 0 atom stereocenters. The molecular weight excluding hydrogens is 1650 g/mol. The maximum atomic E-state index is 11.7. The van der Waals surface area contributed by atoms with Crippen LogP contribution in [0.5, 0.6) is 11.5 Å². The number of nitro groups is 1. The third-order valence-electron chi connectivity index (χ3n) is 22.6. The van der Waals surface area contributed by atoms with Gasteiger partial charge in [0.2, 0.25) is 6.79 Å². The van der Waals surface area contributed by atoms with Gasteiger partial charge >= 0.3 is 6.09 Å². The van der Waals surface area contributed by atoms with Gasteiger partial charge in [-0.15, -0.1) is 0 Å². The lowest BCUT2D eigenvalue weighted by Crippen LogP contribution is -2.36. The number of pyridine rings is 1. The molecule has 2 aromatic heterocycles. The zero-order valence-electron chi connectivity index (χ0n) is 81.6. The molecule has 0 bridgehead atoms. The number of nitro benzene ring substituents is 1. The highest BCUT2D eigenvalue weighted by atomic mass is 32.2. The van der Waals surface area contributed by atoms with E-state index in [-0.39, 0.29) is 76.8 Å². The van der Waals surface area contributed by atoms with Crippen molar-refractivity contribution in [3.05, 3.63) is 275 Å². The molecular formula is C105H144N8O13S2. The highest BCUT2D eigenvalue weighted by molar-refractivity contribution is 7.94. The number of cyclic esters (lactones) is 1. The molecule has 1 N–H and O–H groups in total. The van der Waals surface area contributed by atoms with Crippen LogP contribution in [-0.2, 0) is 90.7 Å². The predicted molar refractivity (Wildman–Crippen MR) is 521 cm³/mol. The minimum Gasteiger partial charge on any atom is -0.454 e. The van der Waals surface area contributed by atoms with Crippen LogP contribution in [-0.4, -0.2) is 107 Å². The number of anilines is 2. The van der Waals surface area contributed by atoms with Gasteiger partial charge in [0.05, 0.1) is 63.7 Å². The fourth-order valence-electron chi connectivity index (χ4n) is 13.8. The maximum Gasteiger partial charge on any atom is 0.414 e. The number of allylic oxidation sites excluding steroid dienone is 3. The summed E-state index contributed by atoms with van der Waals surface area (Å²) in [6, 6.07) is 45.2. The van der Waals surface area contributed by atoms with E-state index >= 15 is 0 Å². The largest absolute Gasteiger partial charge is 0.454 e. The zero-order chi connectivity index (χ0) is 95.7. The van der Waals surface area contributed by atoms with Crippen LogP contribution in [0.15, 0.2) is 208 Å². The predicted octanol–water partition coefficient (Wildman–Crippen LogP) is 23.1. The number of ether oxygens (including phenoxy) is 5. The lowest BCUT2D eigenvalue weighted by atomic mass is 9.85. The summed E-state index contributed by atoms with van der Waals surface area (Å²) in [5, 5.41) is 28.5. The molecule has 6 aromatic carbocycles. The fraction of sp³-hybridized carbons (Fsp3) is 0.486. The Labute approximate surface area is 765 Å². The highest BCUT2D eigenvalue weighted by Gasteiger charge is 2.31. The van der Waals surface area contributed by atoms with E-state index in [0.717, 1.165) is 120 Å². The normalized spacial score (nSPS) is 16.2. The summed E-state index contributed by atoms with van der Waals surface area (Å²) in [5.74, 6) is 2.00. The van der Waals surface area contributed by atoms with Gasteiger partial charge in [0, 0.05) is 86.9 Å². The van der Waals surface area contributed by atoms with Gasteiger partial charge in [-0.25, -0.2) is 21.6 Å². The van der Waals surface area contributed by atoms with Crippen molar-refractivity contribution in [2.45, 2.75) is 265 Å². The van der Waals surface area contributed by atoms with Gasteiger partial charge in [-0.3, -0.25) is 24.5 Å². The third-order valence-corrected chi connectivity index (χ3v) is 25.8. The van der Waals surface area contributed by atoms with Gasteiger partial charge in [0.15, 0.2) is 31.2 Å². The van der Waals surface area contributed by atoms with Crippen LogP contribution in [0.1, 0.15) is 267 Å². The van der Waals surface area contributed by atoms with E-state index in [0.29, 0.717) is 42.2 Å². The number of hydrogen-bond acceptors (Lipinski definition) is 17. The minimum absolute atomic E-state index is 0.00708. The molecule has 3 saturated heterocycles. The van der Waals surface area contributed by atoms with Crippen molar-refractivity contribution in [3.63, 3.8) is 0 Å². The number of rotatable bonds is 4. The number of hydrogen-bond donors (Lipinski definition) is 1. The second kappa shape index (κ2) is 42.9. The van der Waals surface area contributed by atoms with Gasteiger partial charge < -0.3 is 38.5 Å². The zero-order valence-corrected chi connectivity index (χ0v) is 83.2. The number of carbonyl (C=O) groups is 1. The number of aromatic nitrogens is 3. The third kappa shape index (κ3) is 30.9. The molecule has 7 aliphatic rings. The first-order chi connectivity index (χ1) is 59.1. The number of sulfone groups is 2. The van der Waals surface area contributed by atoms with Crippen molar-refractivity contribution < 1.29 is 50.2 Å². The van der Waals surface area contributed by atoms with E-state index in [9.17, 15) is 41.8 Å². The molecule has 9 heterocycles. The standard InChI is InChI=1S/C15H20N2O.C13H17NO2.C12H20N2O.C12H16O2S.C12H14O2S.C11H14O2.C10H13NO2.C10H15NO.C10H15N/c1-15(2,3)13-4-5-14(12(10-13)11-16)17-6-8-18-9-7-17;1-13(2,3)10-4-6-11(7-5-10)14-8-9-16-12(14)15;1-12(2,3)10-8-13-14(9-10)11-4-6-15-7-5-11;2*1-12(2,3)10-5-4-9-6-7-15(13,14)11(9)8-10;1-11(2,3)8-4-5-9-10(6-8)13-7-12-9;1-10(2,3)8-4-6-9(7-5-8)11(12)13;1-10(2,3)8-5-6-11(4)9(12)7-8;1-8-7-9(5-6-11-8)10(2,3)4/h4-5,10H,6-9H2,1-3H3;4-7H,8-9H2,1-3H3;8-9,11H,4-7H2,1-3H3;4-5,8H,6-7H2,1-3H3;4-8H,1-3H3;4-6H,7H2,1-3H3;4-7H,1-3H3;5-7H,1-4H3;5-7,11H,1H2,2-4H3. The van der Waals surface area contributed by atoms with Crippen LogP contribution >= 0.6 is 0 Å². The molecule has 23 heteroatoms. The molecule has 694 valence electrons. The van der Waals surface area contributed by atoms with E-state index in [1.54, 1.807) is 59.0 Å². The Bertz CT molecular complexity index is 5540. The van der Waals surface area contributed by atoms with Crippen LogP contribution in [0.2, 0.25) is 0 Å². The summed E-state index contributed by atoms with van der Waals surface area (Å²) in [4.78, 5) is 37.5. The summed E-state index contributed by atoms with van der Waals surface area (Å²) < 4.78 is 76.6. The Morgan fingerprint density at radius 2 is 1.01 bits per heavy atom. The Morgan fingerprint density at radius 3 is 1.50 bits per heavy atom. The Balaban J connectivity index is 0.000000198. The van der Waals surface area contributed by atoms with E-state index in [1.807, 2.05) is 79.3 Å². The second-order valence-corrected chi connectivity index (χ2v) is 46.3. The number of amides is 1. The molecule has 15 rings (SSSR count). The monoisotopic (exact) mass is 1790 g/mol. The first-order valence-electron chi connectivity index (χ1n) is 44.2. The van der Waals surface area contributed by atoms with Gasteiger partial charge in [-0.1, -0.05) is 254 Å². The van der Waals surface area contributed by atoms with Gasteiger partial charge in [-0.2, -0.15) is 10.4 Å². The number of fused-ring (bicyclic) bond motifs is 3. The number of nitrogens with zero attached hydrogens (tertiary/aromatic N) is 7. The topological polar surface area (TPSA) is 257 Å². The first-order valence-corrected chi connectivity index (χ1v) is 47.4. The fourth-order valence-corrected chi connectivity index (χ4v) is 16.6. The average Bonchev–Trinajstić information content (AvgIpc) is 1.64. The summed E-state index contributed by atoms with van der Waals surface area (Å²) in [6.07, 6.45) is 16.4. The molecule has 128 heavy (non-hydrogen) atoms. The van der Waals surface area contributed by atoms with E-state index in [1.165, 1.54) is 33.2 Å². The second-order valence-electron chi connectivity index (χ2n) is 42.4. The molecule has 21 nitrogen and oxygen atoms in total.